The van der Waals surface area contributed by atoms with E-state index in [1.807, 2.05) is 19.9 Å². The maximum atomic E-state index is 13.1. The minimum Gasteiger partial charge on any atom is -0.437 e. The molecule has 3 nitrogen and oxygen atoms in total. The summed E-state index contributed by atoms with van der Waals surface area (Å²) in [5.41, 5.74) is 1.97. The number of oxazole rings is 1. The van der Waals surface area contributed by atoms with Gasteiger partial charge in [0.2, 0.25) is 0 Å². The van der Waals surface area contributed by atoms with Crippen molar-refractivity contribution in [2.24, 2.45) is 0 Å². The van der Waals surface area contributed by atoms with Crippen LogP contribution in [0.15, 0.2) is 27.8 Å². The minimum atomic E-state index is -0.343. The Morgan fingerprint density at radius 1 is 1.44 bits per heavy atom. The second-order valence-electron chi connectivity index (χ2n) is 3.82. The van der Waals surface area contributed by atoms with Gasteiger partial charge in [0, 0.05) is 5.75 Å². The maximum Gasteiger partial charge on any atom is 0.256 e. The van der Waals surface area contributed by atoms with Crippen molar-refractivity contribution in [2.45, 2.75) is 24.8 Å². The van der Waals surface area contributed by atoms with Gasteiger partial charge in [-0.3, -0.25) is 0 Å². The molecule has 1 aromatic carbocycles. The summed E-state index contributed by atoms with van der Waals surface area (Å²) in [7, 11) is 0. The van der Waals surface area contributed by atoms with Gasteiger partial charge in [0.05, 0.1) is 17.3 Å². The van der Waals surface area contributed by atoms with Crippen molar-refractivity contribution in [3.05, 3.63) is 46.6 Å². The Morgan fingerprint density at radius 2 is 2.22 bits per heavy atom. The molecular formula is C13H11FN2OS. The molecule has 18 heavy (non-hydrogen) atoms. The molecule has 0 saturated heterocycles. The van der Waals surface area contributed by atoms with E-state index in [4.69, 9.17) is 9.68 Å². The van der Waals surface area contributed by atoms with Gasteiger partial charge in [0.25, 0.3) is 5.22 Å². The van der Waals surface area contributed by atoms with Gasteiger partial charge in [-0.25, -0.2) is 9.37 Å². The largest absolute Gasteiger partial charge is 0.437 e. The first-order valence-corrected chi connectivity index (χ1v) is 6.34. The molecule has 2 rings (SSSR count). The van der Waals surface area contributed by atoms with Crippen LogP contribution in [0.4, 0.5) is 4.39 Å². The van der Waals surface area contributed by atoms with Crippen molar-refractivity contribution in [1.29, 1.82) is 5.26 Å². The second kappa shape index (κ2) is 5.23. The molecule has 0 fully saturated rings. The second-order valence-corrected chi connectivity index (χ2v) is 4.75. The Labute approximate surface area is 109 Å². The number of nitrogens with zero attached hydrogens (tertiary/aromatic N) is 2. The van der Waals surface area contributed by atoms with Crippen molar-refractivity contribution >= 4 is 11.8 Å². The van der Waals surface area contributed by atoms with Crippen LogP contribution in [0.5, 0.6) is 0 Å². The Hall–Kier alpha value is -1.80. The molecule has 1 aromatic heterocycles. The van der Waals surface area contributed by atoms with Crippen LogP contribution in [-0.2, 0) is 5.75 Å². The molecule has 0 bridgehead atoms. The van der Waals surface area contributed by atoms with Gasteiger partial charge in [-0.05, 0) is 37.6 Å². The lowest BCUT2D eigenvalue weighted by molar-refractivity contribution is 0.431. The third kappa shape index (κ3) is 2.71. The lowest BCUT2D eigenvalue weighted by atomic mass is 10.1. The highest BCUT2D eigenvalue weighted by Gasteiger charge is 2.09. The van der Waals surface area contributed by atoms with Crippen LogP contribution in [0, 0.1) is 31.0 Å². The fourth-order valence-corrected chi connectivity index (χ4v) is 2.34. The summed E-state index contributed by atoms with van der Waals surface area (Å²) >= 11 is 1.35. The van der Waals surface area contributed by atoms with Gasteiger partial charge >= 0.3 is 0 Å². The quantitative estimate of drug-likeness (QED) is 0.793. The third-order valence-corrected chi connectivity index (χ3v) is 3.42. The minimum absolute atomic E-state index is 0.343. The van der Waals surface area contributed by atoms with Crippen molar-refractivity contribution in [3.8, 4) is 6.07 Å². The summed E-state index contributed by atoms with van der Waals surface area (Å²) in [6.45, 7) is 3.71. The molecule has 0 aliphatic rings. The standard InChI is InChI=1S/C13H11FN2OS/c1-8-9(2)17-13(16-8)18-7-11-5-12(14)4-3-10(11)6-15/h3-5H,7H2,1-2H3. The fourth-order valence-electron chi connectivity index (χ4n) is 1.44. The zero-order chi connectivity index (χ0) is 13.1. The number of rotatable bonds is 3. The van der Waals surface area contributed by atoms with Gasteiger partial charge < -0.3 is 4.42 Å². The molecule has 0 N–H and O–H groups in total. The lowest BCUT2D eigenvalue weighted by Crippen LogP contribution is -1.89. The predicted molar refractivity (Wildman–Crippen MR) is 66.7 cm³/mol. The first kappa shape index (κ1) is 12.7. The molecule has 1 heterocycles. The van der Waals surface area contributed by atoms with Crippen LogP contribution in [0.2, 0.25) is 0 Å². The first-order chi connectivity index (χ1) is 8.60. The van der Waals surface area contributed by atoms with E-state index in [1.54, 1.807) is 0 Å². The molecule has 0 aliphatic carbocycles. The van der Waals surface area contributed by atoms with Gasteiger partial charge in [0.15, 0.2) is 0 Å². The highest BCUT2D eigenvalue weighted by atomic mass is 32.2. The topological polar surface area (TPSA) is 49.8 Å². The Bertz CT molecular complexity index is 596. The maximum absolute atomic E-state index is 13.1. The molecule has 5 heteroatoms. The molecule has 0 saturated carbocycles. The molecule has 92 valence electrons. The van der Waals surface area contributed by atoms with Crippen LogP contribution >= 0.6 is 11.8 Å². The van der Waals surface area contributed by atoms with E-state index in [0.29, 0.717) is 22.1 Å². The van der Waals surface area contributed by atoms with E-state index in [9.17, 15) is 4.39 Å². The van der Waals surface area contributed by atoms with Crippen molar-refractivity contribution in [1.82, 2.24) is 4.98 Å². The van der Waals surface area contributed by atoms with Crippen LogP contribution < -0.4 is 0 Å². The summed E-state index contributed by atoms with van der Waals surface area (Å²) in [6.07, 6.45) is 0. The molecule has 0 radical (unpaired) electrons. The smallest absolute Gasteiger partial charge is 0.256 e. The highest BCUT2D eigenvalue weighted by Crippen LogP contribution is 2.25. The average Bonchev–Trinajstić information content (AvgIpc) is 2.66. The fraction of sp³-hybridized carbons (Fsp3) is 0.231. The number of thioether (sulfide) groups is 1. The number of hydrogen-bond donors (Lipinski definition) is 0. The van der Waals surface area contributed by atoms with Crippen LogP contribution in [0.3, 0.4) is 0 Å². The summed E-state index contributed by atoms with van der Waals surface area (Å²) in [5.74, 6) is 0.890. The Morgan fingerprint density at radius 3 is 2.83 bits per heavy atom. The van der Waals surface area contributed by atoms with Gasteiger partial charge in [0.1, 0.15) is 11.6 Å². The van der Waals surface area contributed by atoms with Gasteiger partial charge in [-0.1, -0.05) is 11.8 Å². The number of benzene rings is 1. The molecule has 0 unspecified atom stereocenters. The number of aromatic nitrogens is 1. The van der Waals surface area contributed by atoms with E-state index in [2.05, 4.69) is 4.98 Å². The molecule has 0 atom stereocenters. The molecule has 0 spiro atoms. The van der Waals surface area contributed by atoms with Crippen LogP contribution in [-0.4, -0.2) is 4.98 Å². The SMILES string of the molecule is Cc1nc(SCc2cc(F)ccc2C#N)oc1C. The van der Waals surface area contributed by atoms with Gasteiger partial charge in [-0.2, -0.15) is 5.26 Å². The molecule has 0 aliphatic heterocycles. The zero-order valence-corrected chi connectivity index (χ0v) is 10.8. The zero-order valence-electron chi connectivity index (χ0n) is 10.0. The summed E-state index contributed by atoms with van der Waals surface area (Å²) < 4.78 is 18.5. The predicted octanol–water partition coefficient (Wildman–Crippen LogP) is 3.59. The van der Waals surface area contributed by atoms with E-state index in [1.165, 1.54) is 30.0 Å². The van der Waals surface area contributed by atoms with E-state index in [0.717, 1.165) is 11.5 Å². The Kier molecular flexibility index (Phi) is 3.68. The summed E-state index contributed by atoms with van der Waals surface area (Å²) in [5, 5.41) is 9.47. The van der Waals surface area contributed by atoms with E-state index >= 15 is 0 Å². The monoisotopic (exact) mass is 262 g/mol. The number of aryl methyl sites for hydroxylation is 2. The van der Waals surface area contributed by atoms with E-state index < -0.39 is 0 Å². The Balaban J connectivity index is 2.15. The molecule has 0 amide bonds. The molecular weight excluding hydrogens is 251 g/mol. The highest BCUT2D eigenvalue weighted by molar-refractivity contribution is 7.98. The summed E-state index contributed by atoms with van der Waals surface area (Å²) in [4.78, 5) is 4.22. The van der Waals surface area contributed by atoms with Crippen molar-refractivity contribution in [3.63, 3.8) is 0 Å². The van der Waals surface area contributed by atoms with Gasteiger partial charge in [-0.15, -0.1) is 0 Å². The lowest BCUT2D eigenvalue weighted by Gasteiger charge is -2.01. The van der Waals surface area contributed by atoms with E-state index in [-0.39, 0.29) is 5.82 Å². The normalized spacial score (nSPS) is 10.3. The number of halogens is 1. The summed E-state index contributed by atoms with van der Waals surface area (Å²) in [6, 6.07) is 6.18. The average molecular weight is 262 g/mol. The number of hydrogen-bond acceptors (Lipinski definition) is 4. The third-order valence-electron chi connectivity index (χ3n) is 2.55. The van der Waals surface area contributed by atoms with Crippen LogP contribution in [0.25, 0.3) is 0 Å². The number of nitriles is 1. The van der Waals surface area contributed by atoms with Crippen molar-refractivity contribution < 1.29 is 8.81 Å². The molecule has 2 aromatic rings. The first-order valence-electron chi connectivity index (χ1n) is 5.35. The van der Waals surface area contributed by atoms with Crippen molar-refractivity contribution in [2.75, 3.05) is 0 Å². The van der Waals surface area contributed by atoms with Crippen LogP contribution in [0.1, 0.15) is 22.6 Å².